The summed E-state index contributed by atoms with van der Waals surface area (Å²) in [6.45, 7) is 2.03. The van der Waals surface area contributed by atoms with E-state index < -0.39 is 11.9 Å². The van der Waals surface area contributed by atoms with E-state index in [1.165, 1.54) is 0 Å². The Morgan fingerprint density at radius 2 is 1.77 bits per heavy atom. The summed E-state index contributed by atoms with van der Waals surface area (Å²) < 4.78 is 15.5. The van der Waals surface area contributed by atoms with Gasteiger partial charge in [-0.05, 0) is 43.2 Å². The lowest BCUT2D eigenvalue weighted by Gasteiger charge is -2.11. The van der Waals surface area contributed by atoms with Gasteiger partial charge in [-0.25, -0.2) is 0 Å². The molecule has 0 unspecified atom stereocenters. The van der Waals surface area contributed by atoms with E-state index >= 15 is 0 Å². The van der Waals surface area contributed by atoms with Crippen LogP contribution in [0.5, 0.6) is 11.5 Å². The van der Waals surface area contributed by atoms with Crippen molar-refractivity contribution in [2.45, 2.75) is 19.8 Å². The van der Waals surface area contributed by atoms with Crippen molar-refractivity contribution >= 4 is 17.6 Å². The fraction of sp³-hybridized carbons (Fsp3) is 0.300. The van der Waals surface area contributed by atoms with Gasteiger partial charge in [-0.2, -0.15) is 0 Å². The second kappa shape index (κ2) is 10.1. The normalized spacial score (nSPS) is 10.1. The predicted molar refractivity (Wildman–Crippen MR) is 98.5 cm³/mol. The molecule has 1 N–H and O–H groups in total. The van der Waals surface area contributed by atoms with E-state index in [0.29, 0.717) is 24.5 Å². The summed E-state index contributed by atoms with van der Waals surface area (Å²) >= 11 is 0. The number of methoxy groups -OCH3 is 1. The molecule has 0 radical (unpaired) electrons. The van der Waals surface area contributed by atoms with E-state index in [0.717, 1.165) is 11.3 Å². The fourth-order valence-corrected chi connectivity index (χ4v) is 2.29. The molecule has 0 saturated heterocycles. The summed E-state index contributed by atoms with van der Waals surface area (Å²) in [4.78, 5) is 23.8. The van der Waals surface area contributed by atoms with Crippen molar-refractivity contribution in [1.82, 2.24) is 0 Å². The van der Waals surface area contributed by atoms with Crippen molar-refractivity contribution in [2.24, 2.45) is 0 Å². The van der Waals surface area contributed by atoms with E-state index in [-0.39, 0.29) is 13.0 Å². The zero-order chi connectivity index (χ0) is 18.8. The Hall–Kier alpha value is -3.02. The highest BCUT2D eigenvalue weighted by Crippen LogP contribution is 2.23. The molecule has 26 heavy (non-hydrogen) atoms. The Kier molecular flexibility index (Phi) is 7.49. The van der Waals surface area contributed by atoms with Gasteiger partial charge >= 0.3 is 5.97 Å². The molecule has 0 aliphatic rings. The number of carbonyl (C=O) groups excluding carboxylic acids is 2. The van der Waals surface area contributed by atoms with Crippen LogP contribution < -0.4 is 14.8 Å². The second-order valence-electron chi connectivity index (χ2n) is 5.49. The van der Waals surface area contributed by atoms with Crippen molar-refractivity contribution < 1.29 is 23.8 Å². The molecule has 0 bridgehead atoms. The van der Waals surface area contributed by atoms with Gasteiger partial charge in [0, 0.05) is 6.42 Å². The lowest BCUT2D eigenvalue weighted by Crippen LogP contribution is -2.21. The van der Waals surface area contributed by atoms with Gasteiger partial charge < -0.3 is 19.5 Å². The molecular formula is C20H23NO5. The van der Waals surface area contributed by atoms with E-state index in [1.54, 1.807) is 25.3 Å². The smallest absolute Gasteiger partial charge is 0.306 e. The van der Waals surface area contributed by atoms with Crippen molar-refractivity contribution in [1.29, 1.82) is 0 Å². The lowest BCUT2D eigenvalue weighted by molar-refractivity contribution is -0.147. The van der Waals surface area contributed by atoms with E-state index in [2.05, 4.69) is 5.32 Å². The summed E-state index contributed by atoms with van der Waals surface area (Å²) in [6, 6.07) is 14.6. The maximum absolute atomic E-state index is 12.0. The minimum absolute atomic E-state index is 0.204. The molecule has 6 nitrogen and oxygen atoms in total. The van der Waals surface area contributed by atoms with Crippen molar-refractivity contribution in [3.05, 3.63) is 54.1 Å². The Labute approximate surface area is 153 Å². The number of nitrogens with one attached hydrogen (secondary N) is 1. The molecule has 0 aliphatic heterocycles. The first-order valence-corrected chi connectivity index (χ1v) is 8.42. The van der Waals surface area contributed by atoms with Crippen molar-refractivity contribution in [3.63, 3.8) is 0 Å². The van der Waals surface area contributed by atoms with Crippen LogP contribution in [0, 0.1) is 0 Å². The van der Waals surface area contributed by atoms with Gasteiger partial charge in [0.05, 0.1) is 19.4 Å². The van der Waals surface area contributed by atoms with Crippen LogP contribution in [0.4, 0.5) is 5.69 Å². The van der Waals surface area contributed by atoms with Gasteiger partial charge in [-0.1, -0.05) is 24.3 Å². The zero-order valence-corrected chi connectivity index (χ0v) is 15.0. The summed E-state index contributed by atoms with van der Waals surface area (Å²) in [5.41, 5.74) is 1.55. The number of amides is 1. The maximum Gasteiger partial charge on any atom is 0.306 e. The van der Waals surface area contributed by atoms with Crippen LogP contribution in [-0.4, -0.2) is 32.2 Å². The van der Waals surface area contributed by atoms with Crippen molar-refractivity contribution in [2.75, 3.05) is 25.6 Å². The Morgan fingerprint density at radius 3 is 2.46 bits per heavy atom. The zero-order valence-electron chi connectivity index (χ0n) is 15.0. The van der Waals surface area contributed by atoms with Crippen LogP contribution in [0.25, 0.3) is 0 Å². The van der Waals surface area contributed by atoms with Gasteiger partial charge in [0.15, 0.2) is 6.61 Å². The molecule has 6 heteroatoms. The Balaban J connectivity index is 1.75. The molecule has 138 valence electrons. The molecule has 0 aromatic heterocycles. The van der Waals surface area contributed by atoms with Crippen molar-refractivity contribution in [3.8, 4) is 11.5 Å². The van der Waals surface area contributed by atoms with Crippen LogP contribution in [0.15, 0.2) is 48.5 Å². The highest BCUT2D eigenvalue weighted by atomic mass is 16.5. The summed E-state index contributed by atoms with van der Waals surface area (Å²) in [5.74, 6) is 0.513. The number of anilines is 1. The molecule has 2 aromatic rings. The first kappa shape index (κ1) is 19.3. The van der Waals surface area contributed by atoms with E-state index in [4.69, 9.17) is 14.2 Å². The largest absolute Gasteiger partial charge is 0.497 e. The lowest BCUT2D eigenvalue weighted by atomic mass is 10.1. The third-order valence-electron chi connectivity index (χ3n) is 3.60. The standard InChI is InChI=1S/C20H23NO5/c1-3-25-18-7-5-4-6-17(18)21-19(22)14-26-20(23)13-10-15-8-11-16(24-2)12-9-15/h4-9,11-12H,3,10,13-14H2,1-2H3,(H,21,22). The molecule has 2 rings (SSSR count). The first-order chi connectivity index (χ1) is 12.6. The van der Waals surface area contributed by atoms with Gasteiger partial charge in [-0.15, -0.1) is 0 Å². The number of esters is 1. The average Bonchev–Trinajstić information content (AvgIpc) is 2.67. The minimum Gasteiger partial charge on any atom is -0.497 e. The number of aryl methyl sites for hydroxylation is 1. The quantitative estimate of drug-likeness (QED) is 0.698. The summed E-state index contributed by atoms with van der Waals surface area (Å²) in [6.07, 6.45) is 0.743. The van der Waals surface area contributed by atoms with Gasteiger partial charge in [-0.3, -0.25) is 9.59 Å². The fourth-order valence-electron chi connectivity index (χ4n) is 2.29. The van der Waals surface area contributed by atoms with Crippen LogP contribution in [-0.2, 0) is 20.7 Å². The molecule has 2 aromatic carbocycles. The molecule has 0 fully saturated rings. The number of rotatable bonds is 9. The SMILES string of the molecule is CCOc1ccccc1NC(=O)COC(=O)CCc1ccc(OC)cc1. The highest BCUT2D eigenvalue weighted by Gasteiger charge is 2.10. The number of ether oxygens (including phenoxy) is 3. The molecule has 0 heterocycles. The number of para-hydroxylation sites is 2. The number of hydrogen-bond acceptors (Lipinski definition) is 5. The van der Waals surface area contributed by atoms with Crippen LogP contribution in [0.3, 0.4) is 0 Å². The van der Waals surface area contributed by atoms with Gasteiger partial charge in [0.25, 0.3) is 5.91 Å². The van der Waals surface area contributed by atoms with Crippen LogP contribution in [0.1, 0.15) is 18.9 Å². The van der Waals surface area contributed by atoms with Gasteiger partial charge in [0.2, 0.25) is 0 Å². The minimum atomic E-state index is -0.422. The van der Waals surface area contributed by atoms with Crippen LogP contribution in [0.2, 0.25) is 0 Å². The average molecular weight is 357 g/mol. The predicted octanol–water partition coefficient (Wildman–Crippen LogP) is 3.21. The highest BCUT2D eigenvalue weighted by molar-refractivity contribution is 5.94. The molecular weight excluding hydrogens is 334 g/mol. The summed E-state index contributed by atoms with van der Waals surface area (Å²) in [7, 11) is 1.60. The topological polar surface area (TPSA) is 73.9 Å². The Morgan fingerprint density at radius 1 is 1.04 bits per heavy atom. The third-order valence-corrected chi connectivity index (χ3v) is 3.60. The first-order valence-electron chi connectivity index (χ1n) is 8.42. The summed E-state index contributed by atoms with van der Waals surface area (Å²) in [5, 5.41) is 2.68. The van der Waals surface area contributed by atoms with Crippen LogP contribution >= 0.6 is 0 Å². The monoisotopic (exact) mass is 357 g/mol. The van der Waals surface area contributed by atoms with E-state index in [9.17, 15) is 9.59 Å². The maximum atomic E-state index is 12.0. The molecule has 0 aliphatic carbocycles. The molecule has 1 amide bonds. The molecule has 0 saturated carbocycles. The van der Waals surface area contributed by atoms with E-state index in [1.807, 2.05) is 37.3 Å². The number of benzene rings is 2. The second-order valence-corrected chi connectivity index (χ2v) is 5.49. The van der Waals surface area contributed by atoms with Gasteiger partial charge in [0.1, 0.15) is 11.5 Å². The molecule has 0 atom stereocenters. The molecule has 0 spiro atoms. The number of carbonyl (C=O) groups is 2. The third kappa shape index (κ3) is 6.12. The Bertz CT molecular complexity index is 727. The number of hydrogen-bond donors (Lipinski definition) is 1.